The Balaban J connectivity index is 3.23. The van der Waals surface area contributed by atoms with Crippen molar-refractivity contribution in [1.29, 1.82) is 0 Å². The van der Waals surface area contributed by atoms with E-state index in [0.717, 1.165) is 13.0 Å². The molecule has 0 fully saturated rings. The molecule has 0 aromatic rings. The molecule has 10 heavy (non-hydrogen) atoms. The Labute approximate surface area is 63.4 Å². The molecule has 0 radical (unpaired) electrons. The summed E-state index contributed by atoms with van der Waals surface area (Å²) in [7, 11) is 2.00. The van der Waals surface area contributed by atoms with Gasteiger partial charge in [0, 0.05) is 12.6 Å². The average molecular weight is 140 g/mol. The maximum absolute atomic E-state index is 5.56. The van der Waals surface area contributed by atoms with Gasteiger partial charge in [0.15, 0.2) is 0 Å². The fraction of sp³-hybridized carbons (Fsp3) is 0.750. The molecule has 0 saturated carbocycles. The van der Waals surface area contributed by atoms with E-state index in [1.165, 1.54) is 0 Å². The summed E-state index contributed by atoms with van der Waals surface area (Å²) in [4.78, 5) is 2.09. The molecule has 1 unspecified atom stereocenters. The molecule has 0 aliphatic carbocycles. The molecule has 58 valence electrons. The average Bonchev–Trinajstić information content (AvgIpc) is 1.85. The zero-order valence-electron chi connectivity index (χ0n) is 6.80. The second kappa shape index (κ2) is 5.28. The van der Waals surface area contributed by atoms with Crippen LogP contribution in [0.5, 0.6) is 0 Å². The van der Waals surface area contributed by atoms with Gasteiger partial charge in [-0.2, -0.15) is 0 Å². The first-order valence-electron chi connectivity index (χ1n) is 3.54. The van der Waals surface area contributed by atoms with Crippen LogP contribution < -0.4 is 5.73 Å². The second-order valence-corrected chi connectivity index (χ2v) is 2.71. The van der Waals surface area contributed by atoms with Gasteiger partial charge in [-0.25, -0.2) is 0 Å². The Morgan fingerprint density at radius 2 is 2.30 bits per heavy atom. The third kappa shape index (κ3) is 5.61. The van der Waals surface area contributed by atoms with Gasteiger partial charge in [-0.1, -0.05) is 5.92 Å². The zero-order chi connectivity index (χ0) is 7.98. The molecule has 0 aliphatic heterocycles. The Bertz CT molecular complexity index is 113. The van der Waals surface area contributed by atoms with Crippen LogP contribution in [0.1, 0.15) is 13.3 Å². The number of rotatable bonds is 4. The predicted octanol–water partition coefficient (Wildman–Crippen LogP) is 0.289. The Morgan fingerprint density at radius 3 is 2.70 bits per heavy atom. The van der Waals surface area contributed by atoms with Crippen molar-refractivity contribution in [3.63, 3.8) is 0 Å². The number of terminal acetylenes is 1. The molecule has 2 N–H and O–H groups in total. The molecule has 0 rings (SSSR count). The number of nitrogens with two attached hydrogens (primary N) is 1. The van der Waals surface area contributed by atoms with Gasteiger partial charge in [-0.3, -0.25) is 4.90 Å². The molecule has 0 spiro atoms. The molecule has 0 aliphatic rings. The summed E-state index contributed by atoms with van der Waals surface area (Å²) in [5.74, 6) is 2.58. The van der Waals surface area contributed by atoms with E-state index in [9.17, 15) is 0 Å². The topological polar surface area (TPSA) is 29.3 Å². The van der Waals surface area contributed by atoms with Crippen LogP contribution in [-0.2, 0) is 0 Å². The van der Waals surface area contributed by atoms with Crippen molar-refractivity contribution >= 4 is 0 Å². The maximum atomic E-state index is 5.56. The molecule has 0 aromatic carbocycles. The summed E-state index contributed by atoms with van der Waals surface area (Å²) < 4.78 is 0. The Hall–Kier alpha value is -0.520. The van der Waals surface area contributed by atoms with E-state index in [1.54, 1.807) is 0 Å². The van der Waals surface area contributed by atoms with Gasteiger partial charge in [0.2, 0.25) is 0 Å². The lowest BCUT2D eigenvalue weighted by Gasteiger charge is -2.13. The van der Waals surface area contributed by atoms with Crippen molar-refractivity contribution in [1.82, 2.24) is 4.90 Å². The van der Waals surface area contributed by atoms with Gasteiger partial charge in [-0.15, -0.1) is 6.42 Å². The standard InChI is InChI=1S/C8H16N2/c1-4-6-10(3)7-5-8(2)9/h1,8H,5-7,9H2,2-3H3. The molecule has 1 atom stereocenters. The van der Waals surface area contributed by atoms with Gasteiger partial charge >= 0.3 is 0 Å². The largest absolute Gasteiger partial charge is 0.328 e. The van der Waals surface area contributed by atoms with E-state index in [1.807, 2.05) is 14.0 Å². The third-order valence-electron chi connectivity index (χ3n) is 1.33. The Kier molecular flexibility index (Phi) is 5.00. The van der Waals surface area contributed by atoms with E-state index < -0.39 is 0 Å². The number of hydrogen-bond donors (Lipinski definition) is 1. The quantitative estimate of drug-likeness (QED) is 0.569. The molecular weight excluding hydrogens is 124 g/mol. The van der Waals surface area contributed by atoms with Crippen molar-refractivity contribution in [3.05, 3.63) is 0 Å². The highest BCUT2D eigenvalue weighted by Gasteiger charge is 1.97. The van der Waals surface area contributed by atoms with Crippen LogP contribution in [0.25, 0.3) is 0 Å². The molecule has 2 nitrogen and oxygen atoms in total. The molecule has 0 saturated heterocycles. The minimum absolute atomic E-state index is 0.278. The minimum Gasteiger partial charge on any atom is -0.328 e. The van der Waals surface area contributed by atoms with Crippen molar-refractivity contribution in [3.8, 4) is 12.3 Å². The lowest BCUT2D eigenvalue weighted by molar-refractivity contribution is 0.357. The SMILES string of the molecule is C#CCN(C)CCC(C)N. The molecule has 0 heterocycles. The lowest BCUT2D eigenvalue weighted by Crippen LogP contribution is -2.26. The maximum Gasteiger partial charge on any atom is 0.0596 e. The van der Waals surface area contributed by atoms with Crippen LogP contribution in [0, 0.1) is 12.3 Å². The first kappa shape index (κ1) is 9.48. The van der Waals surface area contributed by atoms with Gasteiger partial charge in [0.1, 0.15) is 0 Å². The van der Waals surface area contributed by atoms with Crippen LogP contribution in [0.4, 0.5) is 0 Å². The zero-order valence-corrected chi connectivity index (χ0v) is 6.80. The van der Waals surface area contributed by atoms with Crippen LogP contribution >= 0.6 is 0 Å². The second-order valence-electron chi connectivity index (χ2n) is 2.71. The monoisotopic (exact) mass is 140 g/mol. The van der Waals surface area contributed by atoms with E-state index in [2.05, 4.69) is 10.8 Å². The van der Waals surface area contributed by atoms with Crippen molar-refractivity contribution in [2.24, 2.45) is 5.73 Å². The number of hydrogen-bond acceptors (Lipinski definition) is 2. The molecular formula is C8H16N2. The fourth-order valence-electron chi connectivity index (χ4n) is 0.659. The van der Waals surface area contributed by atoms with Crippen molar-refractivity contribution in [2.45, 2.75) is 19.4 Å². The molecule has 2 heteroatoms. The smallest absolute Gasteiger partial charge is 0.0596 e. The first-order chi connectivity index (χ1) is 4.66. The van der Waals surface area contributed by atoms with E-state index >= 15 is 0 Å². The van der Waals surface area contributed by atoms with Gasteiger partial charge in [0.25, 0.3) is 0 Å². The molecule has 0 amide bonds. The van der Waals surface area contributed by atoms with Crippen LogP contribution in [0.3, 0.4) is 0 Å². The van der Waals surface area contributed by atoms with Crippen molar-refractivity contribution < 1.29 is 0 Å². The number of nitrogens with zero attached hydrogens (tertiary/aromatic N) is 1. The minimum atomic E-state index is 0.278. The summed E-state index contributed by atoms with van der Waals surface area (Å²) in [5, 5.41) is 0. The van der Waals surface area contributed by atoms with Crippen LogP contribution in [-0.4, -0.2) is 31.1 Å². The summed E-state index contributed by atoms with van der Waals surface area (Å²) in [5.41, 5.74) is 5.56. The van der Waals surface area contributed by atoms with E-state index in [-0.39, 0.29) is 6.04 Å². The summed E-state index contributed by atoms with van der Waals surface area (Å²) in [6.07, 6.45) is 6.12. The van der Waals surface area contributed by atoms with E-state index in [4.69, 9.17) is 12.2 Å². The van der Waals surface area contributed by atoms with Crippen LogP contribution in [0.15, 0.2) is 0 Å². The summed E-state index contributed by atoms with van der Waals surface area (Å²) in [6, 6.07) is 0.278. The van der Waals surface area contributed by atoms with Crippen LogP contribution in [0.2, 0.25) is 0 Å². The summed E-state index contributed by atoms with van der Waals surface area (Å²) >= 11 is 0. The first-order valence-corrected chi connectivity index (χ1v) is 3.54. The van der Waals surface area contributed by atoms with Gasteiger partial charge < -0.3 is 5.73 Å². The van der Waals surface area contributed by atoms with Gasteiger partial charge in [-0.05, 0) is 20.4 Å². The Morgan fingerprint density at radius 1 is 1.70 bits per heavy atom. The highest BCUT2D eigenvalue weighted by atomic mass is 15.1. The van der Waals surface area contributed by atoms with E-state index in [0.29, 0.717) is 6.54 Å². The van der Waals surface area contributed by atoms with Gasteiger partial charge in [0.05, 0.1) is 6.54 Å². The highest BCUT2D eigenvalue weighted by Crippen LogP contribution is 1.89. The highest BCUT2D eigenvalue weighted by molar-refractivity contribution is 4.87. The summed E-state index contributed by atoms with van der Waals surface area (Å²) in [6.45, 7) is 3.71. The van der Waals surface area contributed by atoms with Crippen molar-refractivity contribution in [2.75, 3.05) is 20.1 Å². The molecule has 0 bridgehead atoms. The molecule has 0 aromatic heterocycles. The normalized spacial score (nSPS) is 13.1. The third-order valence-corrected chi connectivity index (χ3v) is 1.33. The lowest BCUT2D eigenvalue weighted by atomic mass is 10.2. The fourth-order valence-corrected chi connectivity index (χ4v) is 0.659. The predicted molar refractivity (Wildman–Crippen MR) is 44.6 cm³/mol.